The molecule has 0 atom stereocenters. The normalized spacial score (nSPS) is 11.1. The van der Waals surface area contributed by atoms with E-state index in [1.54, 1.807) is 0 Å². The van der Waals surface area contributed by atoms with Crippen LogP contribution in [0.4, 0.5) is 14.5 Å². The van der Waals surface area contributed by atoms with Crippen molar-refractivity contribution in [1.29, 1.82) is 0 Å². The number of carbonyl (C=O) groups is 1. The predicted molar refractivity (Wildman–Crippen MR) is 55.8 cm³/mol. The molecule has 0 fully saturated rings. The maximum Gasteiger partial charge on any atom is 0.501 e. The fourth-order valence-electron chi connectivity index (χ4n) is 1.26. The van der Waals surface area contributed by atoms with E-state index in [-0.39, 0.29) is 16.8 Å². The summed E-state index contributed by atoms with van der Waals surface area (Å²) < 4.78 is 29.7. The number of halogens is 2. The molecule has 1 N–H and O–H groups in total. The van der Waals surface area contributed by atoms with Gasteiger partial charge in [0.25, 0.3) is 5.69 Å². The van der Waals surface area contributed by atoms with E-state index in [9.17, 15) is 23.7 Å². The summed E-state index contributed by atoms with van der Waals surface area (Å²) in [6, 6.07) is 2.05. The van der Waals surface area contributed by atoms with Gasteiger partial charge < -0.3 is 9.84 Å². The van der Waals surface area contributed by atoms with Crippen molar-refractivity contribution in [2.45, 2.75) is 20.0 Å². The van der Waals surface area contributed by atoms with Gasteiger partial charge in [-0.15, -0.1) is 0 Å². The summed E-state index contributed by atoms with van der Waals surface area (Å²) in [7, 11) is 0. The van der Waals surface area contributed by atoms with Gasteiger partial charge in [-0.05, 0) is 25.5 Å². The van der Waals surface area contributed by atoms with Crippen molar-refractivity contribution < 1.29 is 28.3 Å². The Kier molecular flexibility index (Phi) is 3.49. The van der Waals surface area contributed by atoms with Crippen molar-refractivity contribution >= 4 is 11.7 Å². The van der Waals surface area contributed by atoms with Crippen LogP contribution >= 0.6 is 0 Å². The third kappa shape index (κ3) is 2.70. The third-order valence-electron chi connectivity index (χ3n) is 2.18. The Balaban J connectivity index is 3.17. The SMILES string of the molecule is Cc1cc([N+](=O)[O-])c(C)cc1OC(F)(F)C(=O)O. The van der Waals surface area contributed by atoms with Crippen molar-refractivity contribution in [2.24, 2.45) is 0 Å². The molecule has 6 nitrogen and oxygen atoms in total. The summed E-state index contributed by atoms with van der Waals surface area (Å²) >= 11 is 0. The van der Waals surface area contributed by atoms with Gasteiger partial charge in [-0.25, -0.2) is 4.79 Å². The molecule has 0 bridgehead atoms. The molecule has 1 aromatic rings. The van der Waals surface area contributed by atoms with E-state index in [2.05, 4.69) is 4.74 Å². The molecule has 0 saturated heterocycles. The van der Waals surface area contributed by atoms with Crippen molar-refractivity contribution in [1.82, 2.24) is 0 Å². The number of carboxylic acids is 1. The lowest BCUT2D eigenvalue weighted by Gasteiger charge is -2.15. The quantitative estimate of drug-likeness (QED) is 0.663. The van der Waals surface area contributed by atoms with Crippen LogP contribution in [-0.4, -0.2) is 22.1 Å². The number of nitrogens with zero attached hydrogens (tertiary/aromatic N) is 1. The van der Waals surface area contributed by atoms with Crippen LogP contribution in [0.5, 0.6) is 5.75 Å². The van der Waals surface area contributed by atoms with Crippen LogP contribution in [0.25, 0.3) is 0 Å². The second kappa shape index (κ2) is 4.55. The second-order valence-corrected chi connectivity index (χ2v) is 3.59. The second-order valence-electron chi connectivity index (χ2n) is 3.59. The molecule has 0 spiro atoms. The highest BCUT2D eigenvalue weighted by Crippen LogP contribution is 2.31. The maximum absolute atomic E-state index is 12.8. The molecule has 1 rings (SSSR count). The molecule has 0 saturated carbocycles. The van der Waals surface area contributed by atoms with E-state index in [1.807, 2.05) is 0 Å². The number of alkyl halides is 2. The molecule has 0 aliphatic rings. The third-order valence-corrected chi connectivity index (χ3v) is 2.18. The highest BCUT2D eigenvalue weighted by Gasteiger charge is 2.42. The number of hydrogen-bond acceptors (Lipinski definition) is 4. The van der Waals surface area contributed by atoms with Gasteiger partial charge in [0.1, 0.15) is 5.75 Å². The summed E-state index contributed by atoms with van der Waals surface area (Å²) in [5.41, 5.74) is -0.103. The van der Waals surface area contributed by atoms with Gasteiger partial charge in [0.2, 0.25) is 0 Å². The predicted octanol–water partition coefficient (Wildman–Crippen LogP) is 2.27. The lowest BCUT2D eigenvalue weighted by Crippen LogP contribution is -2.35. The average molecular weight is 261 g/mol. The molecule has 8 heteroatoms. The van der Waals surface area contributed by atoms with Crippen LogP contribution in [-0.2, 0) is 4.79 Å². The van der Waals surface area contributed by atoms with Crippen LogP contribution in [0.3, 0.4) is 0 Å². The van der Waals surface area contributed by atoms with E-state index in [1.165, 1.54) is 13.8 Å². The van der Waals surface area contributed by atoms with E-state index >= 15 is 0 Å². The molecular formula is C10H9F2NO5. The monoisotopic (exact) mass is 261 g/mol. The van der Waals surface area contributed by atoms with Gasteiger partial charge >= 0.3 is 12.1 Å². The first-order valence-electron chi connectivity index (χ1n) is 4.71. The minimum Gasteiger partial charge on any atom is -0.474 e. The van der Waals surface area contributed by atoms with Gasteiger partial charge in [0.15, 0.2) is 0 Å². The number of benzene rings is 1. The Morgan fingerprint density at radius 1 is 1.39 bits per heavy atom. The molecule has 0 radical (unpaired) electrons. The molecule has 1 aromatic carbocycles. The number of nitro groups is 1. The molecule has 0 aliphatic carbocycles. The molecule has 0 aromatic heterocycles. The van der Waals surface area contributed by atoms with E-state index in [0.717, 1.165) is 12.1 Å². The lowest BCUT2D eigenvalue weighted by molar-refractivity contribution is -0.385. The largest absolute Gasteiger partial charge is 0.501 e. The van der Waals surface area contributed by atoms with Gasteiger partial charge in [0, 0.05) is 11.6 Å². The summed E-state index contributed by atoms with van der Waals surface area (Å²) in [5.74, 6) is -2.84. The number of aliphatic carboxylic acids is 1. The Labute approximate surface area is 99.9 Å². The number of hydrogen-bond donors (Lipinski definition) is 1. The fraction of sp³-hybridized carbons (Fsp3) is 0.300. The zero-order valence-electron chi connectivity index (χ0n) is 9.44. The van der Waals surface area contributed by atoms with Crippen molar-refractivity contribution in [3.05, 3.63) is 33.4 Å². The summed E-state index contributed by atoms with van der Waals surface area (Å²) in [5, 5.41) is 18.8. The Morgan fingerprint density at radius 3 is 2.39 bits per heavy atom. The summed E-state index contributed by atoms with van der Waals surface area (Å²) in [6.07, 6.45) is -4.38. The number of aryl methyl sites for hydroxylation is 2. The number of ether oxygens (including phenoxy) is 1. The van der Waals surface area contributed by atoms with Gasteiger partial charge in [-0.2, -0.15) is 8.78 Å². The zero-order valence-corrected chi connectivity index (χ0v) is 9.44. The Hall–Kier alpha value is -2.25. The van der Waals surface area contributed by atoms with Crippen LogP contribution in [0.2, 0.25) is 0 Å². The molecule has 0 heterocycles. The van der Waals surface area contributed by atoms with Gasteiger partial charge in [0.05, 0.1) is 4.92 Å². The topological polar surface area (TPSA) is 89.7 Å². The van der Waals surface area contributed by atoms with Crippen LogP contribution < -0.4 is 4.74 Å². The van der Waals surface area contributed by atoms with Crippen LogP contribution in [0, 0.1) is 24.0 Å². The molecule has 98 valence electrons. The molecule has 0 aliphatic heterocycles. The summed E-state index contributed by atoms with van der Waals surface area (Å²) in [4.78, 5) is 20.1. The smallest absolute Gasteiger partial charge is 0.474 e. The van der Waals surface area contributed by atoms with Gasteiger partial charge in [-0.1, -0.05) is 0 Å². The van der Waals surface area contributed by atoms with Crippen LogP contribution in [0.15, 0.2) is 12.1 Å². The first-order valence-corrected chi connectivity index (χ1v) is 4.71. The number of rotatable bonds is 4. The molecule has 0 unspecified atom stereocenters. The zero-order chi connectivity index (χ0) is 14.1. The minimum atomic E-state index is -4.38. The first kappa shape index (κ1) is 13.8. The highest BCUT2D eigenvalue weighted by atomic mass is 19.3. The highest BCUT2D eigenvalue weighted by molar-refractivity contribution is 5.74. The van der Waals surface area contributed by atoms with E-state index in [0.29, 0.717) is 0 Å². The molecular weight excluding hydrogens is 252 g/mol. The number of carboxylic acid groups (broad SMARTS) is 1. The molecule has 18 heavy (non-hydrogen) atoms. The van der Waals surface area contributed by atoms with Gasteiger partial charge in [-0.3, -0.25) is 10.1 Å². The van der Waals surface area contributed by atoms with Crippen molar-refractivity contribution in [3.8, 4) is 5.75 Å². The van der Waals surface area contributed by atoms with Crippen molar-refractivity contribution in [2.75, 3.05) is 0 Å². The molecule has 0 amide bonds. The average Bonchev–Trinajstić information content (AvgIpc) is 2.21. The summed E-state index contributed by atoms with van der Waals surface area (Å²) in [6.45, 7) is 2.64. The van der Waals surface area contributed by atoms with Crippen LogP contribution in [0.1, 0.15) is 11.1 Å². The fourth-order valence-corrected chi connectivity index (χ4v) is 1.26. The van der Waals surface area contributed by atoms with E-state index in [4.69, 9.17) is 5.11 Å². The van der Waals surface area contributed by atoms with Crippen molar-refractivity contribution in [3.63, 3.8) is 0 Å². The van der Waals surface area contributed by atoms with E-state index < -0.39 is 22.8 Å². The first-order chi connectivity index (χ1) is 8.15. The standard InChI is InChI=1S/C10H9F2NO5/c1-5-4-8(18-10(11,12)9(14)15)6(2)3-7(5)13(16)17/h3-4H,1-2H3,(H,14,15). The number of nitro benzene ring substituents is 1. The minimum absolute atomic E-state index is 0.0493. The Morgan fingerprint density at radius 2 is 1.94 bits per heavy atom. The Bertz CT molecular complexity index is 515. The lowest BCUT2D eigenvalue weighted by atomic mass is 10.1. The maximum atomic E-state index is 12.8.